The predicted molar refractivity (Wildman–Crippen MR) is 76.9 cm³/mol. The molecule has 128 valence electrons. The Balaban J connectivity index is 2.64. The highest BCUT2D eigenvalue weighted by Gasteiger charge is 2.30. The van der Waals surface area contributed by atoms with Crippen molar-refractivity contribution in [1.82, 2.24) is 9.78 Å². The molecule has 0 bridgehead atoms. The van der Waals surface area contributed by atoms with Crippen molar-refractivity contribution in [3.05, 3.63) is 57.5 Å². The van der Waals surface area contributed by atoms with E-state index in [-0.39, 0.29) is 17.9 Å². The second kappa shape index (κ2) is 6.83. The van der Waals surface area contributed by atoms with Crippen LogP contribution in [0.1, 0.15) is 21.6 Å². The van der Waals surface area contributed by atoms with E-state index >= 15 is 0 Å². The van der Waals surface area contributed by atoms with Gasteiger partial charge in [0.1, 0.15) is 0 Å². The average Bonchev–Trinajstić information content (AvgIpc) is 2.55. The molecule has 0 aliphatic rings. The van der Waals surface area contributed by atoms with Gasteiger partial charge in [-0.1, -0.05) is 6.07 Å². The molecule has 1 aromatic heterocycles. The minimum absolute atomic E-state index is 0.0346. The number of alkyl halides is 3. The number of aromatic nitrogens is 2. The van der Waals surface area contributed by atoms with Gasteiger partial charge >= 0.3 is 12.1 Å². The van der Waals surface area contributed by atoms with E-state index in [0.29, 0.717) is 0 Å². The lowest BCUT2D eigenvalue weighted by Gasteiger charge is -2.12. The van der Waals surface area contributed by atoms with Crippen LogP contribution in [0.4, 0.5) is 13.2 Å². The van der Waals surface area contributed by atoms with Crippen LogP contribution >= 0.6 is 0 Å². The molecule has 1 heterocycles. The maximum atomic E-state index is 12.8. The molecule has 0 aliphatic carbocycles. The van der Waals surface area contributed by atoms with Crippen LogP contribution in [0.15, 0.2) is 35.3 Å². The highest BCUT2D eigenvalue weighted by molar-refractivity contribution is 5.87. The van der Waals surface area contributed by atoms with Crippen molar-refractivity contribution in [2.45, 2.75) is 12.8 Å². The molecule has 0 saturated heterocycles. The Bertz CT molecular complexity index is 815. The summed E-state index contributed by atoms with van der Waals surface area (Å²) in [4.78, 5) is 23.8. The zero-order valence-electron chi connectivity index (χ0n) is 12.8. The van der Waals surface area contributed by atoms with Gasteiger partial charge in [0.15, 0.2) is 0 Å². The molecule has 0 amide bonds. The number of halogens is 3. The first-order valence-corrected chi connectivity index (χ1v) is 6.65. The normalized spacial score (nSPS) is 11.4. The van der Waals surface area contributed by atoms with E-state index < -0.39 is 28.8 Å². The van der Waals surface area contributed by atoms with Gasteiger partial charge in [0.25, 0.3) is 0 Å². The van der Waals surface area contributed by atoms with E-state index in [9.17, 15) is 22.8 Å². The third-order valence-corrected chi connectivity index (χ3v) is 3.11. The minimum atomic E-state index is -4.53. The molecule has 0 atom stereocenters. The third-order valence-electron chi connectivity index (χ3n) is 3.11. The Kier molecular flexibility index (Phi) is 5.03. The summed E-state index contributed by atoms with van der Waals surface area (Å²) >= 11 is 0. The lowest BCUT2D eigenvalue weighted by atomic mass is 10.2. The van der Waals surface area contributed by atoms with Crippen LogP contribution in [0.25, 0.3) is 5.69 Å². The van der Waals surface area contributed by atoms with Gasteiger partial charge in [-0.3, -0.25) is 4.79 Å². The van der Waals surface area contributed by atoms with E-state index in [0.717, 1.165) is 23.9 Å². The highest BCUT2D eigenvalue weighted by Crippen LogP contribution is 2.30. The predicted octanol–water partition coefficient (Wildman–Crippen LogP) is 2.18. The molecule has 9 heteroatoms. The summed E-state index contributed by atoms with van der Waals surface area (Å²) in [5.74, 6) is -0.987. The number of methoxy groups -OCH3 is 2. The zero-order valence-corrected chi connectivity index (χ0v) is 12.8. The Morgan fingerprint density at radius 2 is 2.00 bits per heavy atom. The fourth-order valence-corrected chi connectivity index (χ4v) is 1.99. The summed E-state index contributed by atoms with van der Waals surface area (Å²) in [5, 5.41) is 3.79. The van der Waals surface area contributed by atoms with Gasteiger partial charge in [0.2, 0.25) is 11.1 Å². The van der Waals surface area contributed by atoms with Gasteiger partial charge in [-0.15, -0.1) is 0 Å². The van der Waals surface area contributed by atoms with E-state index in [4.69, 9.17) is 4.74 Å². The van der Waals surface area contributed by atoms with Crippen molar-refractivity contribution < 1.29 is 27.4 Å². The van der Waals surface area contributed by atoms with Crippen molar-refractivity contribution >= 4 is 5.97 Å². The van der Waals surface area contributed by atoms with Crippen molar-refractivity contribution in [2.24, 2.45) is 0 Å². The smallest absolute Gasteiger partial charge is 0.416 e. The monoisotopic (exact) mass is 342 g/mol. The molecule has 24 heavy (non-hydrogen) atoms. The SMILES string of the molecule is COCc1cn(-c2cccc(C(F)(F)F)c2)nc(C(=O)OC)c1=O. The van der Waals surface area contributed by atoms with Gasteiger partial charge in [0.05, 0.1) is 25.0 Å². The van der Waals surface area contributed by atoms with E-state index in [1.54, 1.807) is 0 Å². The Morgan fingerprint density at radius 3 is 2.58 bits per heavy atom. The minimum Gasteiger partial charge on any atom is -0.464 e. The van der Waals surface area contributed by atoms with Crippen LogP contribution in [0.2, 0.25) is 0 Å². The van der Waals surface area contributed by atoms with Crippen LogP contribution in [0, 0.1) is 0 Å². The molecule has 0 saturated carbocycles. The Hall–Kier alpha value is -2.68. The molecule has 0 fully saturated rings. The van der Waals surface area contributed by atoms with Gasteiger partial charge in [-0.05, 0) is 18.2 Å². The summed E-state index contributed by atoms with van der Waals surface area (Å²) in [6.45, 7) is -0.135. The number of nitrogens with zero attached hydrogens (tertiary/aromatic N) is 2. The fraction of sp³-hybridized carbons (Fsp3) is 0.267. The van der Waals surface area contributed by atoms with Crippen LogP contribution < -0.4 is 5.43 Å². The number of hydrogen-bond donors (Lipinski definition) is 0. The first-order valence-electron chi connectivity index (χ1n) is 6.65. The maximum absolute atomic E-state index is 12.8. The van der Waals surface area contributed by atoms with Crippen LogP contribution in [-0.2, 0) is 22.3 Å². The lowest BCUT2D eigenvalue weighted by molar-refractivity contribution is -0.137. The summed E-state index contributed by atoms with van der Waals surface area (Å²) < 4.78 is 48.9. The van der Waals surface area contributed by atoms with Crippen molar-refractivity contribution in [1.29, 1.82) is 0 Å². The first kappa shape index (κ1) is 17.7. The highest BCUT2D eigenvalue weighted by atomic mass is 19.4. The summed E-state index contributed by atoms with van der Waals surface area (Å²) in [6.07, 6.45) is -3.32. The maximum Gasteiger partial charge on any atom is 0.416 e. The second-order valence-corrected chi connectivity index (χ2v) is 4.75. The molecular weight excluding hydrogens is 329 g/mol. The summed E-state index contributed by atoms with van der Waals surface area (Å²) in [5.41, 5.74) is -2.03. The third kappa shape index (κ3) is 3.62. The van der Waals surface area contributed by atoms with Gasteiger partial charge in [-0.25, -0.2) is 9.48 Å². The fourth-order valence-electron chi connectivity index (χ4n) is 1.99. The van der Waals surface area contributed by atoms with Crippen LogP contribution in [0.5, 0.6) is 0 Å². The van der Waals surface area contributed by atoms with E-state index in [2.05, 4.69) is 9.84 Å². The zero-order chi connectivity index (χ0) is 17.9. The number of rotatable bonds is 4. The summed E-state index contributed by atoms with van der Waals surface area (Å²) in [7, 11) is 2.41. The molecule has 2 aromatic rings. The quantitative estimate of drug-likeness (QED) is 0.797. The number of carbonyl (C=O) groups excluding carboxylic acids is 1. The molecule has 2 rings (SSSR count). The molecule has 0 spiro atoms. The topological polar surface area (TPSA) is 70.4 Å². The standard InChI is InChI=1S/C15H13F3N2O4/c1-23-8-9-7-20(19-12(13(9)21)14(22)24-2)11-5-3-4-10(6-11)15(16,17)18/h3-7H,8H2,1-2H3. The molecule has 1 aromatic carbocycles. The number of hydrogen-bond acceptors (Lipinski definition) is 5. The van der Waals surface area contributed by atoms with Gasteiger partial charge < -0.3 is 9.47 Å². The van der Waals surface area contributed by atoms with Crippen molar-refractivity contribution in [3.8, 4) is 5.69 Å². The van der Waals surface area contributed by atoms with E-state index in [1.807, 2.05) is 0 Å². The van der Waals surface area contributed by atoms with E-state index in [1.165, 1.54) is 25.4 Å². The molecule has 6 nitrogen and oxygen atoms in total. The van der Waals surface area contributed by atoms with Gasteiger partial charge in [-0.2, -0.15) is 18.3 Å². The summed E-state index contributed by atoms with van der Waals surface area (Å²) in [6, 6.07) is 4.33. The average molecular weight is 342 g/mol. The number of carbonyl (C=O) groups is 1. The molecule has 0 radical (unpaired) electrons. The van der Waals surface area contributed by atoms with Crippen molar-refractivity contribution in [3.63, 3.8) is 0 Å². The van der Waals surface area contributed by atoms with Gasteiger partial charge in [0, 0.05) is 18.9 Å². The molecule has 0 unspecified atom stereocenters. The second-order valence-electron chi connectivity index (χ2n) is 4.75. The molecular formula is C15H13F3N2O4. The Labute approximate surface area is 134 Å². The largest absolute Gasteiger partial charge is 0.464 e. The van der Waals surface area contributed by atoms with Crippen LogP contribution in [0.3, 0.4) is 0 Å². The van der Waals surface area contributed by atoms with Crippen LogP contribution in [-0.4, -0.2) is 30.0 Å². The van der Waals surface area contributed by atoms with Crippen molar-refractivity contribution in [2.75, 3.05) is 14.2 Å². The molecule has 0 aliphatic heterocycles. The number of esters is 1. The first-order chi connectivity index (χ1) is 11.3. The Morgan fingerprint density at radius 1 is 1.29 bits per heavy atom. The number of benzene rings is 1. The number of ether oxygens (including phenoxy) is 2. The molecule has 0 N–H and O–H groups in total. The lowest BCUT2D eigenvalue weighted by Crippen LogP contribution is -2.26.